The fraction of sp³-hybridized carbons (Fsp3) is 0.769. The van der Waals surface area contributed by atoms with Crippen molar-refractivity contribution in [2.24, 2.45) is 0 Å². The molecule has 0 aromatic carbocycles. The topological polar surface area (TPSA) is 49.8 Å². The van der Waals surface area contributed by atoms with Crippen molar-refractivity contribution in [1.29, 1.82) is 0 Å². The highest BCUT2D eigenvalue weighted by atomic mass is 16.5. The lowest BCUT2D eigenvalue weighted by Gasteiger charge is -2.24. The number of rotatable bonds is 7. The smallest absolute Gasteiger partial charge is 0.334 e. The van der Waals surface area contributed by atoms with Crippen LogP contribution in [0.2, 0.25) is 0 Å². The van der Waals surface area contributed by atoms with Crippen LogP contribution in [-0.4, -0.2) is 48.3 Å². The maximum Gasteiger partial charge on any atom is 0.334 e. The number of nitrogens with zero attached hydrogens (tertiary/aromatic N) is 1. The minimum atomic E-state index is -0.291. The molecular formula is C13H23NO3. The molecule has 4 heteroatoms. The number of hydrogen-bond donors (Lipinski definition) is 1. The molecule has 0 aliphatic carbocycles. The summed E-state index contributed by atoms with van der Waals surface area (Å²) in [5, 5.41) is 8.84. The Morgan fingerprint density at radius 1 is 1.59 bits per heavy atom. The summed E-state index contributed by atoms with van der Waals surface area (Å²) in [4.78, 5) is 13.7. The molecule has 1 rings (SSSR count). The van der Waals surface area contributed by atoms with Crippen LogP contribution in [0.3, 0.4) is 0 Å². The van der Waals surface area contributed by atoms with Gasteiger partial charge in [0.25, 0.3) is 0 Å². The van der Waals surface area contributed by atoms with E-state index in [0.29, 0.717) is 24.8 Å². The third-order valence-electron chi connectivity index (χ3n) is 3.15. The van der Waals surface area contributed by atoms with Gasteiger partial charge in [-0.2, -0.15) is 0 Å². The molecule has 1 unspecified atom stereocenters. The first kappa shape index (κ1) is 14.2. The highest BCUT2D eigenvalue weighted by molar-refractivity contribution is 5.88. The molecule has 0 spiro atoms. The Kier molecular flexibility index (Phi) is 6.22. The molecule has 0 aromatic rings. The van der Waals surface area contributed by atoms with Crippen LogP contribution in [0.1, 0.15) is 32.6 Å². The molecule has 1 fully saturated rings. The summed E-state index contributed by atoms with van der Waals surface area (Å²) < 4.78 is 4.93. The molecular weight excluding hydrogens is 218 g/mol. The van der Waals surface area contributed by atoms with E-state index in [0.717, 1.165) is 32.2 Å². The first-order valence-electron chi connectivity index (χ1n) is 6.38. The van der Waals surface area contributed by atoms with Crippen LogP contribution >= 0.6 is 0 Å². The van der Waals surface area contributed by atoms with Gasteiger partial charge in [-0.05, 0) is 39.2 Å². The number of carbonyl (C=O) groups is 1. The number of ether oxygens (including phenoxy) is 1. The molecule has 0 saturated carbocycles. The van der Waals surface area contributed by atoms with Gasteiger partial charge in [0.1, 0.15) is 0 Å². The van der Waals surface area contributed by atoms with Crippen molar-refractivity contribution in [2.45, 2.75) is 38.6 Å². The van der Waals surface area contributed by atoms with Crippen molar-refractivity contribution in [3.8, 4) is 0 Å². The minimum absolute atomic E-state index is 0.239. The van der Waals surface area contributed by atoms with Gasteiger partial charge in [-0.15, -0.1) is 0 Å². The molecule has 0 aromatic heterocycles. The van der Waals surface area contributed by atoms with Crippen molar-refractivity contribution in [3.05, 3.63) is 12.2 Å². The summed E-state index contributed by atoms with van der Waals surface area (Å²) in [6, 6.07) is 0.480. The number of likely N-dealkylation sites (tertiary alicyclic amines) is 1. The molecule has 17 heavy (non-hydrogen) atoms. The number of esters is 1. The summed E-state index contributed by atoms with van der Waals surface area (Å²) in [5.74, 6) is -0.291. The molecule has 1 heterocycles. The van der Waals surface area contributed by atoms with E-state index in [2.05, 4.69) is 11.5 Å². The van der Waals surface area contributed by atoms with Crippen LogP contribution in [0.4, 0.5) is 0 Å². The Balaban J connectivity index is 2.38. The monoisotopic (exact) mass is 241 g/mol. The Hall–Kier alpha value is -0.870. The molecule has 1 aliphatic heterocycles. The maximum atomic E-state index is 11.5. The van der Waals surface area contributed by atoms with Gasteiger partial charge >= 0.3 is 5.97 Å². The summed E-state index contributed by atoms with van der Waals surface area (Å²) >= 11 is 0. The maximum absolute atomic E-state index is 11.5. The number of hydrogen-bond acceptors (Lipinski definition) is 4. The molecule has 4 nitrogen and oxygen atoms in total. The first-order valence-corrected chi connectivity index (χ1v) is 6.38. The summed E-state index contributed by atoms with van der Waals surface area (Å²) in [7, 11) is 0. The van der Waals surface area contributed by atoms with Gasteiger partial charge in [-0.3, -0.25) is 4.90 Å². The summed E-state index contributed by atoms with van der Waals surface area (Å²) in [6.07, 6.45) is 4.13. The third kappa shape index (κ3) is 4.48. The van der Waals surface area contributed by atoms with E-state index in [9.17, 15) is 4.79 Å². The molecule has 0 radical (unpaired) electrons. The molecule has 0 amide bonds. The number of carbonyl (C=O) groups excluding carboxylic acids is 1. The van der Waals surface area contributed by atoms with Crippen LogP contribution in [0.25, 0.3) is 0 Å². The van der Waals surface area contributed by atoms with Gasteiger partial charge in [-0.25, -0.2) is 4.79 Å². The fourth-order valence-electron chi connectivity index (χ4n) is 2.30. The Morgan fingerprint density at radius 3 is 3.00 bits per heavy atom. The van der Waals surface area contributed by atoms with E-state index in [1.165, 1.54) is 0 Å². The molecule has 0 bridgehead atoms. The van der Waals surface area contributed by atoms with E-state index in [1.807, 2.05) is 0 Å². The zero-order valence-corrected chi connectivity index (χ0v) is 10.7. The van der Waals surface area contributed by atoms with Crippen LogP contribution in [0, 0.1) is 0 Å². The molecule has 1 N–H and O–H groups in total. The highest BCUT2D eigenvalue weighted by Crippen LogP contribution is 2.22. The first-order chi connectivity index (χ1) is 8.19. The lowest BCUT2D eigenvalue weighted by atomic mass is 10.1. The molecule has 1 saturated heterocycles. The van der Waals surface area contributed by atoms with Crippen LogP contribution in [-0.2, 0) is 9.53 Å². The Morgan fingerprint density at radius 2 is 2.35 bits per heavy atom. The van der Waals surface area contributed by atoms with Gasteiger partial charge in [0.15, 0.2) is 0 Å². The van der Waals surface area contributed by atoms with Crippen LogP contribution in [0.5, 0.6) is 0 Å². The average Bonchev–Trinajstić information content (AvgIpc) is 2.74. The van der Waals surface area contributed by atoms with E-state index >= 15 is 0 Å². The molecule has 98 valence electrons. The van der Waals surface area contributed by atoms with Gasteiger partial charge in [0, 0.05) is 24.8 Å². The van der Waals surface area contributed by atoms with Crippen LogP contribution < -0.4 is 0 Å². The SMILES string of the molecule is C=C(CN1CCCC1CCCO)C(=O)OCC. The second-order valence-electron chi connectivity index (χ2n) is 4.46. The number of aliphatic hydroxyl groups is 1. The normalized spacial score (nSPS) is 20.5. The average molecular weight is 241 g/mol. The van der Waals surface area contributed by atoms with Crippen LogP contribution in [0.15, 0.2) is 12.2 Å². The third-order valence-corrected chi connectivity index (χ3v) is 3.15. The number of aliphatic hydroxyl groups excluding tert-OH is 1. The Bertz CT molecular complexity index is 265. The molecule has 1 aliphatic rings. The van der Waals surface area contributed by atoms with Gasteiger partial charge in [-0.1, -0.05) is 6.58 Å². The molecule has 1 atom stereocenters. The van der Waals surface area contributed by atoms with E-state index in [-0.39, 0.29) is 12.6 Å². The second-order valence-corrected chi connectivity index (χ2v) is 4.46. The predicted octanol–water partition coefficient (Wildman–Crippen LogP) is 1.34. The predicted molar refractivity (Wildman–Crippen MR) is 66.7 cm³/mol. The fourth-order valence-corrected chi connectivity index (χ4v) is 2.30. The second kappa shape index (κ2) is 7.45. The van der Waals surface area contributed by atoms with E-state index < -0.39 is 0 Å². The highest BCUT2D eigenvalue weighted by Gasteiger charge is 2.25. The Labute approximate surface area is 103 Å². The summed E-state index contributed by atoms with van der Waals surface area (Å²) in [5.41, 5.74) is 0.530. The van der Waals surface area contributed by atoms with E-state index in [4.69, 9.17) is 9.84 Å². The van der Waals surface area contributed by atoms with Crippen molar-refractivity contribution >= 4 is 5.97 Å². The quantitative estimate of drug-likeness (QED) is 0.540. The minimum Gasteiger partial charge on any atom is -0.463 e. The lowest BCUT2D eigenvalue weighted by Crippen LogP contribution is -2.33. The van der Waals surface area contributed by atoms with Crippen molar-refractivity contribution < 1.29 is 14.6 Å². The standard InChI is InChI=1S/C13H23NO3/c1-3-17-13(16)11(2)10-14-8-4-6-12(14)7-5-9-15/h12,15H,2-10H2,1H3. The van der Waals surface area contributed by atoms with Gasteiger partial charge in [0.2, 0.25) is 0 Å². The van der Waals surface area contributed by atoms with E-state index in [1.54, 1.807) is 6.92 Å². The lowest BCUT2D eigenvalue weighted by molar-refractivity contribution is -0.138. The zero-order chi connectivity index (χ0) is 12.7. The van der Waals surface area contributed by atoms with Gasteiger partial charge in [0.05, 0.1) is 6.61 Å². The van der Waals surface area contributed by atoms with Crippen molar-refractivity contribution in [2.75, 3.05) is 26.3 Å². The van der Waals surface area contributed by atoms with Crippen molar-refractivity contribution in [1.82, 2.24) is 4.90 Å². The summed E-state index contributed by atoms with van der Waals surface area (Å²) in [6.45, 7) is 7.82. The zero-order valence-electron chi connectivity index (χ0n) is 10.7. The van der Waals surface area contributed by atoms with Gasteiger partial charge < -0.3 is 9.84 Å². The van der Waals surface area contributed by atoms with Crippen molar-refractivity contribution in [3.63, 3.8) is 0 Å². The largest absolute Gasteiger partial charge is 0.463 e.